The van der Waals surface area contributed by atoms with Crippen LogP contribution in [0.2, 0.25) is 0 Å². The lowest BCUT2D eigenvalue weighted by atomic mass is 9.97. The fourth-order valence-corrected chi connectivity index (χ4v) is 2.19. The molecule has 0 aliphatic heterocycles. The maximum atomic E-state index is 3.50. The number of hydrogen-bond donors (Lipinski definition) is 1. The second-order valence-corrected chi connectivity index (χ2v) is 4.94. The Kier molecular flexibility index (Phi) is 5.54. The summed E-state index contributed by atoms with van der Waals surface area (Å²) in [5.74, 6) is 0. The zero-order valence-electron chi connectivity index (χ0n) is 10.1. The van der Waals surface area contributed by atoms with Crippen LogP contribution in [0.4, 0.5) is 0 Å². The summed E-state index contributed by atoms with van der Waals surface area (Å²) in [6.07, 6.45) is 11.6. The molecule has 0 aromatic heterocycles. The third kappa shape index (κ3) is 4.45. The number of nitrogens with one attached hydrogen (secondary N) is 1. The van der Waals surface area contributed by atoms with Crippen LogP contribution in [0.5, 0.6) is 0 Å². The first-order valence-corrected chi connectivity index (χ1v) is 6.54. The molecule has 1 N–H and O–H groups in total. The highest BCUT2D eigenvalue weighted by Crippen LogP contribution is 2.49. The molecule has 0 radical (unpaired) electrons. The lowest BCUT2D eigenvalue weighted by Gasteiger charge is -2.14. The van der Waals surface area contributed by atoms with Gasteiger partial charge in [0.1, 0.15) is 0 Å². The molecule has 1 rings (SSSR count). The predicted octanol–water partition coefficient (Wildman–Crippen LogP) is 3.74. The highest BCUT2D eigenvalue weighted by Gasteiger charge is 2.40. The van der Waals surface area contributed by atoms with Crippen LogP contribution in [0.3, 0.4) is 0 Å². The zero-order chi connectivity index (χ0) is 10.3. The Morgan fingerprint density at radius 2 is 1.71 bits per heavy atom. The highest BCUT2D eigenvalue weighted by atomic mass is 14.9. The Labute approximate surface area is 89.7 Å². The molecular formula is C13H27N. The number of hydrogen-bond acceptors (Lipinski definition) is 1. The lowest BCUT2D eigenvalue weighted by Crippen LogP contribution is -2.23. The molecule has 0 aromatic rings. The van der Waals surface area contributed by atoms with Gasteiger partial charge in [0.25, 0.3) is 0 Å². The Bertz CT molecular complexity index is 138. The predicted molar refractivity (Wildman–Crippen MR) is 63.6 cm³/mol. The molecule has 0 saturated heterocycles. The van der Waals surface area contributed by atoms with Crippen LogP contribution in [0.25, 0.3) is 0 Å². The molecule has 1 fully saturated rings. The van der Waals surface area contributed by atoms with E-state index in [1.165, 1.54) is 57.9 Å². The van der Waals surface area contributed by atoms with E-state index in [1.54, 1.807) is 0 Å². The summed E-state index contributed by atoms with van der Waals surface area (Å²) < 4.78 is 0. The molecule has 1 aliphatic carbocycles. The van der Waals surface area contributed by atoms with E-state index >= 15 is 0 Å². The summed E-state index contributed by atoms with van der Waals surface area (Å²) in [6, 6.07) is 0. The maximum absolute atomic E-state index is 3.50. The Balaban J connectivity index is 1.94. The van der Waals surface area contributed by atoms with E-state index < -0.39 is 0 Å². The van der Waals surface area contributed by atoms with Crippen LogP contribution < -0.4 is 5.32 Å². The van der Waals surface area contributed by atoms with Gasteiger partial charge >= 0.3 is 0 Å². The standard InChI is InChI=1S/C13H27N/c1-3-5-6-7-8-9-13(10-11-13)12-14-4-2/h14H,3-12H2,1-2H3. The van der Waals surface area contributed by atoms with Crippen molar-refractivity contribution < 1.29 is 0 Å². The quantitative estimate of drug-likeness (QED) is 0.555. The molecule has 84 valence electrons. The first-order valence-electron chi connectivity index (χ1n) is 6.54. The van der Waals surface area contributed by atoms with Crippen molar-refractivity contribution in [3.63, 3.8) is 0 Å². The summed E-state index contributed by atoms with van der Waals surface area (Å²) in [6.45, 7) is 6.90. The zero-order valence-corrected chi connectivity index (χ0v) is 10.1. The summed E-state index contributed by atoms with van der Waals surface area (Å²) in [5.41, 5.74) is 0.738. The van der Waals surface area contributed by atoms with Crippen LogP contribution in [-0.4, -0.2) is 13.1 Å². The second kappa shape index (κ2) is 6.44. The molecule has 0 atom stereocenters. The molecule has 1 aliphatic rings. The van der Waals surface area contributed by atoms with Crippen molar-refractivity contribution in [3.05, 3.63) is 0 Å². The smallest absolute Gasteiger partial charge is 0.000770 e. The maximum Gasteiger partial charge on any atom is 0.000770 e. The van der Waals surface area contributed by atoms with E-state index in [0.717, 1.165) is 12.0 Å². The molecule has 1 nitrogen and oxygen atoms in total. The third-order valence-electron chi connectivity index (χ3n) is 3.52. The van der Waals surface area contributed by atoms with Gasteiger partial charge in [-0.25, -0.2) is 0 Å². The van der Waals surface area contributed by atoms with Gasteiger partial charge in [0, 0.05) is 6.54 Å². The van der Waals surface area contributed by atoms with Crippen LogP contribution in [0, 0.1) is 5.41 Å². The van der Waals surface area contributed by atoms with E-state index in [9.17, 15) is 0 Å². The summed E-state index contributed by atoms with van der Waals surface area (Å²) >= 11 is 0. The van der Waals surface area contributed by atoms with Crippen LogP contribution in [0.1, 0.15) is 65.2 Å². The molecule has 0 amide bonds. The topological polar surface area (TPSA) is 12.0 Å². The van der Waals surface area contributed by atoms with E-state index in [2.05, 4.69) is 19.2 Å². The SMILES string of the molecule is CCCCCCCC1(CNCC)CC1. The Morgan fingerprint density at radius 1 is 1.00 bits per heavy atom. The minimum Gasteiger partial charge on any atom is -0.316 e. The average Bonchev–Trinajstić information content (AvgIpc) is 2.96. The van der Waals surface area contributed by atoms with Gasteiger partial charge in [-0.3, -0.25) is 0 Å². The van der Waals surface area contributed by atoms with Crippen LogP contribution in [-0.2, 0) is 0 Å². The minimum atomic E-state index is 0.738. The van der Waals surface area contributed by atoms with Crippen molar-refractivity contribution in [2.24, 2.45) is 5.41 Å². The van der Waals surface area contributed by atoms with Gasteiger partial charge in [0.2, 0.25) is 0 Å². The van der Waals surface area contributed by atoms with Crippen LogP contribution in [0.15, 0.2) is 0 Å². The number of rotatable bonds is 9. The second-order valence-electron chi connectivity index (χ2n) is 4.94. The molecule has 0 heterocycles. The van der Waals surface area contributed by atoms with E-state index in [1.807, 2.05) is 0 Å². The lowest BCUT2D eigenvalue weighted by molar-refractivity contribution is 0.407. The van der Waals surface area contributed by atoms with Crippen molar-refractivity contribution in [2.75, 3.05) is 13.1 Å². The molecule has 1 saturated carbocycles. The first kappa shape index (κ1) is 12.0. The Morgan fingerprint density at radius 3 is 2.29 bits per heavy atom. The van der Waals surface area contributed by atoms with Gasteiger partial charge in [-0.1, -0.05) is 46.0 Å². The Hall–Kier alpha value is -0.0400. The summed E-state index contributed by atoms with van der Waals surface area (Å²) in [7, 11) is 0. The number of unbranched alkanes of at least 4 members (excludes halogenated alkanes) is 4. The largest absolute Gasteiger partial charge is 0.316 e. The van der Waals surface area contributed by atoms with Gasteiger partial charge in [-0.2, -0.15) is 0 Å². The van der Waals surface area contributed by atoms with Gasteiger partial charge < -0.3 is 5.32 Å². The van der Waals surface area contributed by atoms with Gasteiger partial charge in [-0.05, 0) is 31.2 Å². The van der Waals surface area contributed by atoms with E-state index in [4.69, 9.17) is 0 Å². The van der Waals surface area contributed by atoms with Crippen molar-refractivity contribution in [2.45, 2.75) is 65.2 Å². The molecule has 14 heavy (non-hydrogen) atoms. The summed E-state index contributed by atoms with van der Waals surface area (Å²) in [4.78, 5) is 0. The third-order valence-corrected chi connectivity index (χ3v) is 3.52. The van der Waals surface area contributed by atoms with Crippen molar-refractivity contribution >= 4 is 0 Å². The molecular weight excluding hydrogens is 170 g/mol. The first-order chi connectivity index (χ1) is 6.83. The normalized spacial score (nSPS) is 18.4. The highest BCUT2D eigenvalue weighted by molar-refractivity contribution is 4.94. The fourth-order valence-electron chi connectivity index (χ4n) is 2.19. The van der Waals surface area contributed by atoms with E-state index in [-0.39, 0.29) is 0 Å². The monoisotopic (exact) mass is 197 g/mol. The molecule has 0 unspecified atom stereocenters. The van der Waals surface area contributed by atoms with Gasteiger partial charge in [0.05, 0.1) is 0 Å². The summed E-state index contributed by atoms with van der Waals surface area (Å²) in [5, 5.41) is 3.50. The average molecular weight is 197 g/mol. The van der Waals surface area contributed by atoms with Crippen molar-refractivity contribution in [1.29, 1.82) is 0 Å². The fraction of sp³-hybridized carbons (Fsp3) is 1.00. The van der Waals surface area contributed by atoms with Crippen molar-refractivity contribution in [3.8, 4) is 0 Å². The van der Waals surface area contributed by atoms with Gasteiger partial charge in [0.15, 0.2) is 0 Å². The molecule has 1 heteroatoms. The van der Waals surface area contributed by atoms with Gasteiger partial charge in [-0.15, -0.1) is 0 Å². The molecule has 0 bridgehead atoms. The van der Waals surface area contributed by atoms with Crippen molar-refractivity contribution in [1.82, 2.24) is 5.32 Å². The minimum absolute atomic E-state index is 0.738. The van der Waals surface area contributed by atoms with E-state index in [0.29, 0.717) is 0 Å². The molecule has 0 spiro atoms. The molecule has 0 aromatic carbocycles. The van der Waals surface area contributed by atoms with Crippen LogP contribution >= 0.6 is 0 Å².